The van der Waals surface area contributed by atoms with Gasteiger partial charge in [-0.05, 0) is 25.5 Å². The molecule has 0 saturated heterocycles. The summed E-state index contributed by atoms with van der Waals surface area (Å²) in [7, 11) is 0. The highest BCUT2D eigenvalue weighted by Crippen LogP contribution is 2.31. The van der Waals surface area contributed by atoms with Gasteiger partial charge < -0.3 is 20.2 Å². The quantitative estimate of drug-likeness (QED) is 0.785. The largest absolute Gasteiger partial charge is 0.490 e. The molecule has 0 fully saturated rings. The Labute approximate surface area is 117 Å². The van der Waals surface area contributed by atoms with Crippen LogP contribution >= 0.6 is 0 Å². The van der Waals surface area contributed by atoms with Crippen LogP contribution in [0, 0.1) is 5.82 Å². The summed E-state index contributed by atoms with van der Waals surface area (Å²) in [6.07, 6.45) is 2.42. The van der Waals surface area contributed by atoms with E-state index in [0.717, 1.165) is 12.2 Å². The predicted octanol–water partition coefficient (Wildman–Crippen LogP) is 3.96. The molecular formula is C15H19FN2O2. The lowest BCUT2D eigenvalue weighted by atomic mass is 10.2. The number of rotatable bonds is 6. The van der Waals surface area contributed by atoms with Crippen molar-refractivity contribution >= 4 is 11.4 Å². The fourth-order valence-electron chi connectivity index (χ4n) is 1.86. The lowest BCUT2D eigenvalue weighted by Gasteiger charge is -2.16. The van der Waals surface area contributed by atoms with Gasteiger partial charge in [-0.15, -0.1) is 0 Å². The van der Waals surface area contributed by atoms with Gasteiger partial charge in [-0.3, -0.25) is 0 Å². The number of hydrogen-bond donors (Lipinski definition) is 2. The molecular weight excluding hydrogens is 259 g/mol. The van der Waals surface area contributed by atoms with Crippen molar-refractivity contribution in [1.29, 1.82) is 0 Å². The molecule has 0 amide bonds. The van der Waals surface area contributed by atoms with E-state index in [1.54, 1.807) is 12.3 Å². The number of benzene rings is 1. The number of nitrogen functional groups attached to an aromatic ring is 1. The average molecular weight is 278 g/mol. The summed E-state index contributed by atoms with van der Waals surface area (Å²) in [5.41, 5.74) is 6.80. The van der Waals surface area contributed by atoms with Crippen molar-refractivity contribution < 1.29 is 13.5 Å². The van der Waals surface area contributed by atoms with Gasteiger partial charge >= 0.3 is 0 Å². The zero-order valence-corrected chi connectivity index (χ0v) is 11.7. The first-order valence-electron chi connectivity index (χ1n) is 6.63. The van der Waals surface area contributed by atoms with Gasteiger partial charge in [-0.2, -0.15) is 0 Å². The molecule has 0 bridgehead atoms. The highest BCUT2D eigenvalue weighted by atomic mass is 19.1. The van der Waals surface area contributed by atoms with Gasteiger partial charge in [-0.25, -0.2) is 4.39 Å². The molecule has 0 spiro atoms. The Bertz CT molecular complexity index is 555. The molecule has 0 radical (unpaired) electrons. The molecule has 1 atom stereocenters. The molecule has 20 heavy (non-hydrogen) atoms. The third-order valence-corrected chi connectivity index (χ3v) is 2.91. The maximum absolute atomic E-state index is 13.7. The Morgan fingerprint density at radius 1 is 1.45 bits per heavy atom. The van der Waals surface area contributed by atoms with E-state index in [0.29, 0.717) is 18.0 Å². The Balaban J connectivity index is 2.18. The van der Waals surface area contributed by atoms with Gasteiger partial charge in [0.2, 0.25) is 0 Å². The summed E-state index contributed by atoms with van der Waals surface area (Å²) in [5.74, 6) is 0.534. The van der Waals surface area contributed by atoms with Crippen molar-refractivity contribution in [2.24, 2.45) is 0 Å². The maximum atomic E-state index is 13.7. The molecule has 2 aromatic rings. The smallest absolute Gasteiger partial charge is 0.167 e. The summed E-state index contributed by atoms with van der Waals surface area (Å²) in [5, 5.41) is 3.19. The second-order valence-corrected chi connectivity index (χ2v) is 4.60. The highest BCUT2D eigenvalue weighted by Gasteiger charge is 2.13. The molecule has 0 aliphatic carbocycles. The van der Waals surface area contributed by atoms with Crippen molar-refractivity contribution in [1.82, 2.24) is 0 Å². The predicted molar refractivity (Wildman–Crippen MR) is 77.3 cm³/mol. The van der Waals surface area contributed by atoms with E-state index in [9.17, 15) is 4.39 Å². The van der Waals surface area contributed by atoms with Crippen LogP contribution < -0.4 is 15.8 Å². The first-order chi connectivity index (χ1) is 9.61. The number of nitrogens with two attached hydrogens (primary N) is 1. The molecule has 4 nitrogen and oxygen atoms in total. The third kappa shape index (κ3) is 3.23. The molecule has 0 aliphatic heterocycles. The van der Waals surface area contributed by atoms with Crippen LogP contribution in [0.25, 0.3) is 0 Å². The van der Waals surface area contributed by atoms with E-state index < -0.39 is 5.82 Å². The van der Waals surface area contributed by atoms with Crippen molar-refractivity contribution in [3.63, 3.8) is 0 Å². The molecule has 3 N–H and O–H groups in total. The minimum absolute atomic E-state index is 0.0724. The maximum Gasteiger partial charge on any atom is 0.167 e. The highest BCUT2D eigenvalue weighted by molar-refractivity contribution is 5.69. The van der Waals surface area contributed by atoms with Crippen LogP contribution in [0.3, 0.4) is 0 Å². The first-order valence-corrected chi connectivity index (χ1v) is 6.63. The lowest BCUT2D eigenvalue weighted by Crippen LogP contribution is -2.09. The van der Waals surface area contributed by atoms with Gasteiger partial charge in [0.15, 0.2) is 11.6 Å². The molecule has 108 valence electrons. The van der Waals surface area contributed by atoms with E-state index in [-0.39, 0.29) is 11.8 Å². The van der Waals surface area contributed by atoms with Gasteiger partial charge in [0, 0.05) is 12.1 Å². The van der Waals surface area contributed by atoms with Gasteiger partial charge in [0.25, 0.3) is 0 Å². The van der Waals surface area contributed by atoms with Crippen LogP contribution in [0.4, 0.5) is 15.8 Å². The van der Waals surface area contributed by atoms with Crippen molar-refractivity contribution in [3.05, 3.63) is 42.1 Å². The van der Waals surface area contributed by atoms with E-state index in [1.165, 1.54) is 6.07 Å². The number of nitrogens with one attached hydrogen (secondary N) is 1. The zero-order valence-electron chi connectivity index (χ0n) is 11.7. The monoisotopic (exact) mass is 278 g/mol. The molecule has 0 saturated carbocycles. The van der Waals surface area contributed by atoms with Gasteiger partial charge in [-0.1, -0.05) is 6.92 Å². The van der Waals surface area contributed by atoms with Gasteiger partial charge in [0.05, 0.1) is 30.3 Å². The molecule has 1 aromatic heterocycles. The SMILES string of the molecule is CCCOc1cc(NC(C)c2ccco2)c(N)cc1F. The third-order valence-electron chi connectivity index (χ3n) is 2.91. The zero-order chi connectivity index (χ0) is 14.5. The fourth-order valence-corrected chi connectivity index (χ4v) is 1.86. The van der Waals surface area contributed by atoms with Gasteiger partial charge in [0.1, 0.15) is 5.76 Å². The minimum Gasteiger partial charge on any atom is -0.490 e. The van der Waals surface area contributed by atoms with Crippen LogP contribution in [-0.4, -0.2) is 6.61 Å². The Morgan fingerprint density at radius 3 is 2.90 bits per heavy atom. The van der Waals surface area contributed by atoms with E-state index in [1.807, 2.05) is 26.0 Å². The van der Waals surface area contributed by atoms with E-state index in [2.05, 4.69) is 5.32 Å². The van der Waals surface area contributed by atoms with E-state index >= 15 is 0 Å². The summed E-state index contributed by atoms with van der Waals surface area (Å²) in [4.78, 5) is 0. The average Bonchev–Trinajstić information content (AvgIpc) is 2.94. The lowest BCUT2D eigenvalue weighted by molar-refractivity contribution is 0.301. The summed E-state index contributed by atoms with van der Waals surface area (Å²) >= 11 is 0. The molecule has 1 heterocycles. The molecule has 0 aliphatic rings. The molecule has 5 heteroatoms. The Kier molecular flexibility index (Phi) is 4.50. The first kappa shape index (κ1) is 14.2. The number of halogens is 1. The summed E-state index contributed by atoms with van der Waals surface area (Å²) in [6.45, 7) is 4.37. The second kappa shape index (κ2) is 6.32. The number of ether oxygens (including phenoxy) is 1. The molecule has 1 unspecified atom stereocenters. The van der Waals surface area contributed by atoms with Crippen LogP contribution in [0.2, 0.25) is 0 Å². The van der Waals surface area contributed by atoms with E-state index in [4.69, 9.17) is 14.9 Å². The van der Waals surface area contributed by atoms with Crippen LogP contribution in [0.1, 0.15) is 32.1 Å². The summed E-state index contributed by atoms with van der Waals surface area (Å²) < 4.78 is 24.4. The van der Waals surface area contributed by atoms with Crippen molar-refractivity contribution in [3.8, 4) is 5.75 Å². The van der Waals surface area contributed by atoms with Crippen molar-refractivity contribution in [2.75, 3.05) is 17.7 Å². The molecule has 1 aromatic carbocycles. The minimum atomic E-state index is -0.452. The number of hydrogen-bond acceptors (Lipinski definition) is 4. The Hall–Kier alpha value is -2.17. The Morgan fingerprint density at radius 2 is 2.25 bits per heavy atom. The fraction of sp³-hybridized carbons (Fsp3) is 0.333. The standard InChI is InChI=1S/C15H19FN2O2/c1-3-6-19-15-9-13(12(17)8-11(15)16)18-10(2)14-5-4-7-20-14/h4-5,7-10,18H,3,6,17H2,1-2H3. The van der Waals surface area contributed by atoms with Crippen LogP contribution in [0.15, 0.2) is 34.9 Å². The topological polar surface area (TPSA) is 60.4 Å². The molecule has 2 rings (SSSR count). The normalized spacial score (nSPS) is 12.2. The second-order valence-electron chi connectivity index (χ2n) is 4.60. The van der Waals surface area contributed by atoms with Crippen molar-refractivity contribution in [2.45, 2.75) is 26.3 Å². The summed E-state index contributed by atoms with van der Waals surface area (Å²) in [6, 6.07) is 6.46. The van der Waals surface area contributed by atoms with Crippen LogP contribution in [-0.2, 0) is 0 Å². The van der Waals surface area contributed by atoms with Crippen LogP contribution in [0.5, 0.6) is 5.75 Å². The number of furan rings is 1. The number of anilines is 2.